The van der Waals surface area contributed by atoms with E-state index in [2.05, 4.69) is 54.8 Å². The van der Waals surface area contributed by atoms with Crippen LogP contribution in [0.15, 0.2) is 83.8 Å². The molecule has 3 heteroatoms. The fourth-order valence-corrected chi connectivity index (χ4v) is 4.07. The molecule has 3 aromatic rings. The molecule has 3 aromatic carbocycles. The first-order valence-electron chi connectivity index (χ1n) is 7.80. The first-order valence-corrected chi connectivity index (χ1v) is 9.60. The van der Waals surface area contributed by atoms with Gasteiger partial charge in [-0.2, -0.15) is 0 Å². The molecule has 24 heavy (non-hydrogen) atoms. The zero-order valence-corrected chi connectivity index (χ0v) is 14.4. The Hall–Kier alpha value is -2.52. The Labute approximate surface area is 145 Å². The molecular weight excluding hydrogens is 314 g/mol. The Morgan fingerprint density at radius 1 is 0.833 bits per heavy atom. The van der Waals surface area contributed by atoms with Gasteiger partial charge in [-0.3, -0.25) is 4.79 Å². The van der Waals surface area contributed by atoms with E-state index in [9.17, 15) is 4.79 Å². The zero-order valence-electron chi connectivity index (χ0n) is 13.6. The van der Waals surface area contributed by atoms with E-state index in [1.54, 1.807) is 12.1 Å². The van der Waals surface area contributed by atoms with Crippen LogP contribution >= 0.6 is 0 Å². The third kappa shape index (κ3) is 3.87. The predicted octanol–water partition coefficient (Wildman–Crippen LogP) is 4.26. The van der Waals surface area contributed by atoms with Crippen molar-refractivity contribution in [3.05, 3.63) is 90.0 Å². The molecule has 0 aliphatic heterocycles. The quantitative estimate of drug-likeness (QED) is 0.696. The van der Waals surface area contributed by atoms with Crippen molar-refractivity contribution in [1.82, 2.24) is 0 Å². The summed E-state index contributed by atoms with van der Waals surface area (Å²) in [6, 6.07) is 26.8. The highest BCUT2D eigenvalue weighted by molar-refractivity contribution is 7.95. The van der Waals surface area contributed by atoms with E-state index in [1.807, 2.05) is 18.2 Å². The number of amides is 1. The van der Waals surface area contributed by atoms with Crippen molar-refractivity contribution in [2.75, 3.05) is 6.26 Å². The number of nitrogens with two attached hydrogens (primary N) is 1. The highest BCUT2D eigenvalue weighted by atomic mass is 32.2. The average Bonchev–Trinajstić information content (AvgIpc) is 2.63. The van der Waals surface area contributed by atoms with Crippen LogP contribution in [0.3, 0.4) is 0 Å². The van der Waals surface area contributed by atoms with Crippen molar-refractivity contribution in [2.45, 2.75) is 10.6 Å². The molecule has 0 aliphatic rings. The number of carbonyl (C=O) groups excluding carboxylic acids is 1. The summed E-state index contributed by atoms with van der Waals surface area (Å²) < 4.78 is 0. The normalized spacial score (nSPS) is 11.9. The van der Waals surface area contributed by atoms with Gasteiger partial charge in [-0.25, -0.2) is 0 Å². The molecule has 0 radical (unpaired) electrons. The molecule has 0 aromatic heterocycles. The molecule has 2 N–H and O–H groups in total. The Bertz CT molecular complexity index is 811. The minimum atomic E-state index is -0.381. The van der Waals surface area contributed by atoms with Crippen molar-refractivity contribution in [3.8, 4) is 11.1 Å². The number of primary amides is 1. The van der Waals surface area contributed by atoms with Crippen LogP contribution in [0.5, 0.6) is 0 Å². The van der Waals surface area contributed by atoms with E-state index < -0.39 is 0 Å². The van der Waals surface area contributed by atoms with E-state index >= 15 is 0 Å². The van der Waals surface area contributed by atoms with Gasteiger partial charge < -0.3 is 5.73 Å². The summed E-state index contributed by atoms with van der Waals surface area (Å²) in [7, 11) is 0.0909. The van der Waals surface area contributed by atoms with Crippen LogP contribution in [0, 0.1) is 0 Å². The number of rotatable bonds is 5. The van der Waals surface area contributed by atoms with Gasteiger partial charge in [0.2, 0.25) is 5.91 Å². The van der Waals surface area contributed by atoms with Gasteiger partial charge in [0, 0.05) is 22.0 Å². The van der Waals surface area contributed by atoms with Crippen LogP contribution < -0.4 is 5.73 Å². The summed E-state index contributed by atoms with van der Waals surface area (Å²) >= 11 is 0. The minimum Gasteiger partial charge on any atom is -0.366 e. The van der Waals surface area contributed by atoms with Crippen molar-refractivity contribution < 1.29 is 4.79 Å². The van der Waals surface area contributed by atoms with Crippen molar-refractivity contribution >= 4 is 16.8 Å². The SMILES string of the molecule is C[S+](Cc1ccc(-c2ccccc2)cc1)c1ccc(C(N)=O)cc1. The van der Waals surface area contributed by atoms with Crippen molar-refractivity contribution in [3.63, 3.8) is 0 Å². The second kappa shape index (κ2) is 7.37. The van der Waals surface area contributed by atoms with Gasteiger partial charge >= 0.3 is 0 Å². The number of carbonyl (C=O) groups is 1. The maximum Gasteiger partial charge on any atom is 0.248 e. The molecule has 2 nitrogen and oxygen atoms in total. The molecule has 1 atom stereocenters. The highest BCUT2D eigenvalue weighted by Crippen LogP contribution is 2.22. The Morgan fingerprint density at radius 3 is 2.00 bits per heavy atom. The summed E-state index contributed by atoms with van der Waals surface area (Å²) in [6.07, 6.45) is 2.23. The second-order valence-electron chi connectivity index (χ2n) is 5.73. The monoisotopic (exact) mass is 334 g/mol. The van der Waals surface area contributed by atoms with Gasteiger partial charge in [-0.1, -0.05) is 54.6 Å². The van der Waals surface area contributed by atoms with E-state index in [4.69, 9.17) is 5.73 Å². The number of hydrogen-bond donors (Lipinski definition) is 1. The van der Waals surface area contributed by atoms with Crippen LogP contribution in [0.2, 0.25) is 0 Å². The van der Waals surface area contributed by atoms with Crippen LogP contribution in [-0.4, -0.2) is 12.2 Å². The molecule has 0 spiro atoms. The molecule has 0 saturated heterocycles. The van der Waals surface area contributed by atoms with Gasteiger partial charge in [0.25, 0.3) is 0 Å². The van der Waals surface area contributed by atoms with Gasteiger partial charge in [-0.15, -0.1) is 0 Å². The van der Waals surface area contributed by atoms with E-state index in [0.717, 1.165) is 5.75 Å². The Morgan fingerprint density at radius 2 is 1.42 bits per heavy atom. The van der Waals surface area contributed by atoms with Crippen molar-refractivity contribution in [1.29, 1.82) is 0 Å². The molecule has 0 aliphatic carbocycles. The lowest BCUT2D eigenvalue weighted by molar-refractivity contribution is 0.1000. The zero-order chi connectivity index (χ0) is 16.9. The largest absolute Gasteiger partial charge is 0.366 e. The maximum atomic E-state index is 11.1. The van der Waals surface area contributed by atoms with Crippen LogP contribution in [0.25, 0.3) is 11.1 Å². The lowest BCUT2D eigenvalue weighted by atomic mass is 10.0. The molecule has 0 heterocycles. The third-order valence-electron chi connectivity index (χ3n) is 3.99. The van der Waals surface area contributed by atoms with Crippen LogP contribution in [0.1, 0.15) is 15.9 Å². The smallest absolute Gasteiger partial charge is 0.248 e. The first kappa shape index (κ1) is 16.3. The van der Waals surface area contributed by atoms with Crippen LogP contribution in [-0.2, 0) is 16.6 Å². The van der Waals surface area contributed by atoms with Gasteiger partial charge in [0.05, 0.1) is 0 Å². The molecule has 0 saturated carbocycles. The molecular formula is C21H20NOS+. The van der Waals surface area contributed by atoms with E-state index in [-0.39, 0.29) is 16.8 Å². The third-order valence-corrected chi connectivity index (χ3v) is 5.83. The van der Waals surface area contributed by atoms with Crippen molar-refractivity contribution in [2.24, 2.45) is 5.73 Å². The molecule has 0 fully saturated rings. The fraction of sp³-hybridized carbons (Fsp3) is 0.0952. The number of hydrogen-bond acceptors (Lipinski definition) is 1. The Balaban J connectivity index is 1.70. The van der Waals surface area contributed by atoms with Crippen LogP contribution in [0.4, 0.5) is 0 Å². The lowest BCUT2D eigenvalue weighted by Gasteiger charge is -2.06. The average molecular weight is 334 g/mol. The summed E-state index contributed by atoms with van der Waals surface area (Å²) in [5.74, 6) is 0.611. The summed E-state index contributed by atoms with van der Waals surface area (Å²) in [6.45, 7) is 0. The van der Waals surface area contributed by atoms with E-state index in [0.29, 0.717) is 5.56 Å². The summed E-state index contributed by atoms with van der Waals surface area (Å²) in [4.78, 5) is 12.4. The highest BCUT2D eigenvalue weighted by Gasteiger charge is 2.16. The lowest BCUT2D eigenvalue weighted by Crippen LogP contribution is -2.11. The minimum absolute atomic E-state index is 0.0909. The molecule has 0 bridgehead atoms. The number of benzene rings is 3. The standard InChI is InChI=1S/C21H19NOS/c1-24(20-13-11-19(12-14-20)21(22)23)15-16-7-9-18(10-8-16)17-5-3-2-4-6-17/h2-14H,15H2,1H3,(H-,22,23)/p+1. The molecule has 1 amide bonds. The molecule has 3 rings (SSSR count). The summed E-state index contributed by atoms with van der Waals surface area (Å²) in [5, 5.41) is 0. The van der Waals surface area contributed by atoms with E-state index in [1.165, 1.54) is 21.6 Å². The maximum absolute atomic E-state index is 11.1. The first-order chi connectivity index (χ1) is 11.6. The van der Waals surface area contributed by atoms with Gasteiger partial charge in [-0.05, 0) is 35.4 Å². The Kier molecular flexibility index (Phi) is 5.02. The topological polar surface area (TPSA) is 43.1 Å². The van der Waals surface area contributed by atoms with Gasteiger partial charge in [0.1, 0.15) is 12.0 Å². The summed E-state index contributed by atoms with van der Waals surface area (Å²) in [5.41, 5.74) is 9.64. The second-order valence-corrected chi connectivity index (χ2v) is 7.77. The molecule has 1 unspecified atom stereocenters. The fourth-order valence-electron chi connectivity index (χ4n) is 2.61. The predicted molar refractivity (Wildman–Crippen MR) is 102 cm³/mol. The molecule has 120 valence electrons. The van der Waals surface area contributed by atoms with Gasteiger partial charge in [0.15, 0.2) is 4.90 Å².